The molecule has 3 heteroatoms. The minimum absolute atomic E-state index is 0.0626. The molecule has 0 fully saturated rings. The van der Waals surface area contributed by atoms with Gasteiger partial charge in [0.15, 0.2) is 0 Å². The first-order valence-electron chi connectivity index (χ1n) is 6.03. The van der Waals surface area contributed by atoms with E-state index in [9.17, 15) is 8.78 Å². The molecule has 0 radical (unpaired) electrons. The molecule has 0 spiro atoms. The predicted octanol–water partition coefficient (Wildman–Crippen LogP) is 3.91. The highest BCUT2D eigenvalue weighted by Crippen LogP contribution is 2.36. The Labute approximate surface area is 104 Å². The zero-order chi connectivity index (χ0) is 12.5. The summed E-state index contributed by atoms with van der Waals surface area (Å²) in [5, 5.41) is 3.24. The molecule has 0 aromatic heterocycles. The molecule has 0 saturated heterocycles. The predicted molar refractivity (Wildman–Crippen MR) is 67.7 cm³/mol. The van der Waals surface area contributed by atoms with Crippen LogP contribution in [0, 0.1) is 11.6 Å². The number of hydrogen-bond acceptors (Lipinski definition) is 1. The maximum Gasteiger partial charge on any atom is 0.123 e. The van der Waals surface area contributed by atoms with E-state index in [0.717, 1.165) is 29.8 Å². The standard InChI is InChI=1S/C15H13F2N/c16-11-3-1-2-10(8-11)13-6-7-18-15-5-4-12(17)9-14(13)15/h1-5,8-9,13,18H,6-7H2. The highest BCUT2D eigenvalue weighted by molar-refractivity contribution is 5.57. The van der Waals surface area contributed by atoms with Gasteiger partial charge in [0.2, 0.25) is 0 Å². The van der Waals surface area contributed by atoms with Crippen LogP contribution >= 0.6 is 0 Å². The van der Waals surface area contributed by atoms with Crippen LogP contribution < -0.4 is 5.32 Å². The number of benzene rings is 2. The van der Waals surface area contributed by atoms with Crippen molar-refractivity contribution < 1.29 is 8.78 Å². The van der Waals surface area contributed by atoms with E-state index in [1.165, 1.54) is 24.3 Å². The first kappa shape index (κ1) is 11.2. The second-order valence-corrected chi connectivity index (χ2v) is 4.55. The number of rotatable bonds is 1. The molecule has 1 aliphatic rings. The number of fused-ring (bicyclic) bond motifs is 1. The molecule has 1 unspecified atom stereocenters. The molecule has 0 aliphatic carbocycles. The lowest BCUT2D eigenvalue weighted by atomic mass is 9.85. The molecule has 1 aliphatic heterocycles. The summed E-state index contributed by atoms with van der Waals surface area (Å²) in [7, 11) is 0. The van der Waals surface area contributed by atoms with E-state index in [2.05, 4.69) is 5.32 Å². The van der Waals surface area contributed by atoms with E-state index in [4.69, 9.17) is 0 Å². The Balaban J connectivity index is 2.08. The molecule has 1 N–H and O–H groups in total. The first-order valence-corrected chi connectivity index (χ1v) is 6.03. The molecule has 0 amide bonds. The minimum Gasteiger partial charge on any atom is -0.385 e. The molecule has 3 rings (SSSR count). The zero-order valence-corrected chi connectivity index (χ0v) is 9.79. The number of hydrogen-bond donors (Lipinski definition) is 1. The Bertz CT molecular complexity index is 580. The highest BCUT2D eigenvalue weighted by Gasteiger charge is 2.22. The number of anilines is 1. The molecular formula is C15H13F2N. The van der Waals surface area contributed by atoms with Crippen molar-refractivity contribution in [3.63, 3.8) is 0 Å². The summed E-state index contributed by atoms with van der Waals surface area (Å²) in [4.78, 5) is 0. The summed E-state index contributed by atoms with van der Waals surface area (Å²) in [5.74, 6) is -0.435. The summed E-state index contributed by atoms with van der Waals surface area (Å²) < 4.78 is 26.6. The highest BCUT2D eigenvalue weighted by atomic mass is 19.1. The van der Waals surface area contributed by atoms with Crippen molar-refractivity contribution in [3.05, 3.63) is 65.2 Å². The smallest absolute Gasteiger partial charge is 0.123 e. The largest absolute Gasteiger partial charge is 0.385 e. The van der Waals surface area contributed by atoms with Crippen molar-refractivity contribution in [2.45, 2.75) is 12.3 Å². The van der Waals surface area contributed by atoms with E-state index >= 15 is 0 Å². The van der Waals surface area contributed by atoms with Gasteiger partial charge in [0.1, 0.15) is 11.6 Å². The normalized spacial score (nSPS) is 18.0. The molecule has 2 aromatic carbocycles. The van der Waals surface area contributed by atoms with Crippen molar-refractivity contribution in [1.82, 2.24) is 0 Å². The maximum absolute atomic E-state index is 13.4. The van der Waals surface area contributed by atoms with Crippen LogP contribution in [0.5, 0.6) is 0 Å². The van der Waals surface area contributed by atoms with Gasteiger partial charge >= 0.3 is 0 Å². The molecule has 18 heavy (non-hydrogen) atoms. The average molecular weight is 245 g/mol. The van der Waals surface area contributed by atoms with Gasteiger partial charge in [-0.2, -0.15) is 0 Å². The third-order valence-corrected chi connectivity index (χ3v) is 3.39. The lowest BCUT2D eigenvalue weighted by Gasteiger charge is -2.27. The van der Waals surface area contributed by atoms with Gasteiger partial charge in [-0.3, -0.25) is 0 Å². The fourth-order valence-electron chi connectivity index (χ4n) is 2.56. The Morgan fingerprint density at radius 2 is 1.83 bits per heavy atom. The molecule has 1 heterocycles. The summed E-state index contributed by atoms with van der Waals surface area (Å²) in [6, 6.07) is 11.3. The van der Waals surface area contributed by atoms with Crippen LogP contribution in [0.2, 0.25) is 0 Å². The van der Waals surface area contributed by atoms with Crippen LogP contribution in [-0.2, 0) is 0 Å². The van der Waals surface area contributed by atoms with Crippen LogP contribution in [0.3, 0.4) is 0 Å². The van der Waals surface area contributed by atoms with Crippen molar-refractivity contribution in [3.8, 4) is 0 Å². The Morgan fingerprint density at radius 3 is 2.67 bits per heavy atom. The van der Waals surface area contributed by atoms with Crippen LogP contribution in [0.15, 0.2) is 42.5 Å². The van der Waals surface area contributed by atoms with E-state index in [1.54, 1.807) is 12.1 Å². The average Bonchev–Trinajstić information content (AvgIpc) is 2.38. The monoisotopic (exact) mass is 245 g/mol. The van der Waals surface area contributed by atoms with Gasteiger partial charge in [0, 0.05) is 18.2 Å². The van der Waals surface area contributed by atoms with Crippen LogP contribution in [0.4, 0.5) is 14.5 Å². The van der Waals surface area contributed by atoms with E-state index in [0.29, 0.717) is 0 Å². The van der Waals surface area contributed by atoms with Crippen molar-refractivity contribution in [2.75, 3.05) is 11.9 Å². The summed E-state index contributed by atoms with van der Waals surface area (Å²) in [6.45, 7) is 0.819. The maximum atomic E-state index is 13.4. The fourth-order valence-corrected chi connectivity index (χ4v) is 2.56. The first-order chi connectivity index (χ1) is 8.74. The molecule has 1 atom stereocenters. The fraction of sp³-hybridized carbons (Fsp3) is 0.200. The lowest BCUT2D eigenvalue weighted by Crippen LogP contribution is -2.17. The molecule has 1 nitrogen and oxygen atoms in total. The van der Waals surface area contributed by atoms with Gasteiger partial charge in [0.05, 0.1) is 0 Å². The Kier molecular flexibility index (Phi) is 2.74. The second kappa shape index (κ2) is 4.41. The molecule has 0 bridgehead atoms. The summed E-state index contributed by atoms with van der Waals surface area (Å²) in [5.41, 5.74) is 2.76. The Hall–Kier alpha value is -1.90. The quantitative estimate of drug-likeness (QED) is 0.803. The lowest BCUT2D eigenvalue weighted by molar-refractivity contribution is 0.612. The third kappa shape index (κ3) is 1.96. The summed E-state index contributed by atoms with van der Waals surface area (Å²) in [6.07, 6.45) is 0.847. The van der Waals surface area contributed by atoms with Crippen LogP contribution in [0.1, 0.15) is 23.5 Å². The molecule has 0 saturated carbocycles. The van der Waals surface area contributed by atoms with Gasteiger partial charge in [0.25, 0.3) is 0 Å². The van der Waals surface area contributed by atoms with Gasteiger partial charge in [-0.25, -0.2) is 8.78 Å². The van der Waals surface area contributed by atoms with Crippen molar-refractivity contribution in [1.29, 1.82) is 0 Å². The molecular weight excluding hydrogens is 232 g/mol. The van der Waals surface area contributed by atoms with Crippen LogP contribution in [0.25, 0.3) is 0 Å². The van der Waals surface area contributed by atoms with E-state index in [-0.39, 0.29) is 17.6 Å². The van der Waals surface area contributed by atoms with Crippen molar-refractivity contribution >= 4 is 5.69 Å². The summed E-state index contributed by atoms with van der Waals surface area (Å²) >= 11 is 0. The van der Waals surface area contributed by atoms with Crippen molar-refractivity contribution in [2.24, 2.45) is 0 Å². The minimum atomic E-state index is -0.251. The SMILES string of the molecule is Fc1cccc(C2CCNc3ccc(F)cc32)c1. The van der Waals surface area contributed by atoms with E-state index in [1.807, 2.05) is 6.07 Å². The van der Waals surface area contributed by atoms with E-state index < -0.39 is 0 Å². The zero-order valence-electron chi connectivity index (χ0n) is 9.79. The van der Waals surface area contributed by atoms with Gasteiger partial charge in [-0.05, 0) is 47.9 Å². The number of halogens is 2. The topological polar surface area (TPSA) is 12.0 Å². The second-order valence-electron chi connectivity index (χ2n) is 4.55. The van der Waals surface area contributed by atoms with Gasteiger partial charge in [-0.1, -0.05) is 12.1 Å². The third-order valence-electron chi connectivity index (χ3n) is 3.39. The Morgan fingerprint density at radius 1 is 1.00 bits per heavy atom. The van der Waals surface area contributed by atoms with Gasteiger partial charge in [-0.15, -0.1) is 0 Å². The van der Waals surface area contributed by atoms with Crippen LogP contribution in [-0.4, -0.2) is 6.54 Å². The van der Waals surface area contributed by atoms with Gasteiger partial charge < -0.3 is 5.32 Å². The number of nitrogens with one attached hydrogen (secondary N) is 1. The molecule has 92 valence electrons. The molecule has 2 aromatic rings.